The molecule has 0 spiro atoms. The van der Waals surface area contributed by atoms with Gasteiger partial charge in [0.2, 0.25) is 0 Å². The van der Waals surface area contributed by atoms with Gasteiger partial charge in [-0.25, -0.2) is 4.79 Å². The highest BCUT2D eigenvalue weighted by Crippen LogP contribution is 2.47. The van der Waals surface area contributed by atoms with E-state index in [4.69, 9.17) is 4.74 Å². The van der Waals surface area contributed by atoms with Crippen LogP contribution in [0.3, 0.4) is 0 Å². The van der Waals surface area contributed by atoms with Gasteiger partial charge < -0.3 is 9.84 Å². The minimum atomic E-state index is -0.239. The van der Waals surface area contributed by atoms with E-state index in [1.807, 2.05) is 12.1 Å². The maximum atomic E-state index is 11.6. The topological polar surface area (TPSA) is 46.5 Å². The van der Waals surface area contributed by atoms with Gasteiger partial charge >= 0.3 is 5.97 Å². The number of esters is 1. The predicted octanol–water partition coefficient (Wildman–Crippen LogP) is 6.08. The van der Waals surface area contributed by atoms with E-state index in [1.54, 1.807) is 11.3 Å². The maximum absolute atomic E-state index is 11.6. The number of allylic oxidation sites excluding steroid dienone is 3. The second-order valence-corrected chi connectivity index (χ2v) is 9.52. The number of methoxy groups -OCH3 is 1. The van der Waals surface area contributed by atoms with Crippen molar-refractivity contribution in [3.8, 4) is 0 Å². The number of carbonyl (C=O) groups excluding carboxylic acids is 1. The number of thiophene rings is 1. The van der Waals surface area contributed by atoms with E-state index in [0.29, 0.717) is 10.8 Å². The van der Waals surface area contributed by atoms with Crippen molar-refractivity contribution in [3.05, 3.63) is 45.7 Å². The molecule has 1 aromatic rings. The van der Waals surface area contributed by atoms with Gasteiger partial charge in [-0.05, 0) is 86.8 Å². The summed E-state index contributed by atoms with van der Waals surface area (Å²) in [4.78, 5) is 13.5. The molecule has 2 atom stereocenters. The average molecular weight is 403 g/mol. The molecule has 2 aliphatic rings. The monoisotopic (exact) mass is 402 g/mol. The smallest absolute Gasteiger partial charge is 0.348 e. The lowest BCUT2D eigenvalue weighted by Crippen LogP contribution is -2.40. The maximum Gasteiger partial charge on any atom is 0.348 e. The molecule has 1 fully saturated rings. The van der Waals surface area contributed by atoms with Gasteiger partial charge in [0.1, 0.15) is 4.88 Å². The van der Waals surface area contributed by atoms with Crippen LogP contribution in [0.1, 0.15) is 79.3 Å². The summed E-state index contributed by atoms with van der Waals surface area (Å²) >= 11 is 1.55. The summed E-state index contributed by atoms with van der Waals surface area (Å²) in [5.41, 5.74) is 1.64. The minimum absolute atomic E-state index is 0.189. The molecule has 0 radical (unpaired) electrons. The molecule has 1 aromatic heterocycles. The van der Waals surface area contributed by atoms with Crippen LogP contribution in [-0.2, 0) is 11.2 Å². The normalized spacial score (nSPS) is 22.1. The van der Waals surface area contributed by atoms with E-state index in [0.717, 1.165) is 32.1 Å². The average Bonchev–Trinajstić information content (AvgIpc) is 3.30. The van der Waals surface area contributed by atoms with E-state index in [2.05, 4.69) is 25.2 Å². The van der Waals surface area contributed by atoms with Crippen molar-refractivity contribution in [1.29, 1.82) is 0 Å². The Bertz CT molecular complexity index is 706. The Kier molecular flexibility index (Phi) is 7.53. The van der Waals surface area contributed by atoms with Gasteiger partial charge in [0, 0.05) is 4.88 Å². The number of aliphatic hydroxyl groups is 1. The molecule has 0 aromatic carbocycles. The van der Waals surface area contributed by atoms with Crippen LogP contribution in [0.4, 0.5) is 0 Å². The number of aliphatic hydroxyl groups excluding tert-OH is 1. The highest BCUT2D eigenvalue weighted by Gasteiger charge is 2.40. The molecule has 4 heteroatoms. The number of hydrogen-bond acceptors (Lipinski definition) is 4. The van der Waals surface area contributed by atoms with Crippen LogP contribution < -0.4 is 0 Å². The second kappa shape index (κ2) is 9.89. The third kappa shape index (κ3) is 4.96. The summed E-state index contributed by atoms with van der Waals surface area (Å²) in [6.45, 7) is 2.21. The van der Waals surface area contributed by atoms with Crippen molar-refractivity contribution in [3.63, 3.8) is 0 Å². The van der Waals surface area contributed by atoms with E-state index in [9.17, 15) is 9.90 Å². The minimum Gasteiger partial charge on any atom is -0.465 e. The van der Waals surface area contributed by atoms with Crippen molar-refractivity contribution in [1.82, 2.24) is 0 Å². The van der Waals surface area contributed by atoms with Gasteiger partial charge in [-0.15, -0.1) is 11.3 Å². The summed E-state index contributed by atoms with van der Waals surface area (Å²) in [6, 6.07) is 3.92. The van der Waals surface area contributed by atoms with Gasteiger partial charge in [-0.3, -0.25) is 0 Å². The van der Waals surface area contributed by atoms with Crippen LogP contribution in [0, 0.1) is 11.3 Å². The molecule has 0 aliphatic heterocycles. The van der Waals surface area contributed by atoms with Crippen molar-refractivity contribution in [2.75, 3.05) is 7.11 Å². The summed E-state index contributed by atoms with van der Waals surface area (Å²) in [6.07, 6.45) is 17.9. The molecule has 1 N–H and O–H groups in total. The Morgan fingerprint density at radius 2 is 2.25 bits per heavy atom. The first-order valence-electron chi connectivity index (χ1n) is 10.8. The molecule has 3 nitrogen and oxygen atoms in total. The van der Waals surface area contributed by atoms with Crippen LogP contribution >= 0.6 is 11.3 Å². The number of aryl methyl sites for hydroxylation is 1. The fraction of sp³-hybridized carbons (Fsp3) is 0.625. The molecular weight excluding hydrogens is 368 g/mol. The van der Waals surface area contributed by atoms with Gasteiger partial charge in [0.05, 0.1) is 13.2 Å². The zero-order valence-corrected chi connectivity index (χ0v) is 18.1. The highest BCUT2D eigenvalue weighted by atomic mass is 32.1. The molecule has 0 bridgehead atoms. The molecule has 0 amide bonds. The molecule has 2 aliphatic carbocycles. The first kappa shape index (κ1) is 21.3. The fourth-order valence-electron chi connectivity index (χ4n) is 4.68. The molecule has 3 rings (SSSR count). The quantitative estimate of drug-likeness (QED) is 0.482. The Hall–Kier alpha value is -1.39. The van der Waals surface area contributed by atoms with Gasteiger partial charge in [-0.1, -0.05) is 31.6 Å². The molecule has 28 heavy (non-hydrogen) atoms. The summed E-state index contributed by atoms with van der Waals surface area (Å²) in [7, 11) is 1.43. The zero-order valence-electron chi connectivity index (χ0n) is 17.3. The van der Waals surface area contributed by atoms with Gasteiger partial charge in [0.25, 0.3) is 0 Å². The molecule has 1 heterocycles. The zero-order chi connectivity index (χ0) is 20.0. The lowest BCUT2D eigenvalue weighted by molar-refractivity contribution is -0.0354. The summed E-state index contributed by atoms with van der Waals surface area (Å²) < 4.78 is 4.78. The molecule has 0 saturated heterocycles. The number of ether oxygens (including phenoxy) is 1. The largest absolute Gasteiger partial charge is 0.465 e. The van der Waals surface area contributed by atoms with E-state index >= 15 is 0 Å². The van der Waals surface area contributed by atoms with Crippen LogP contribution in [0.2, 0.25) is 0 Å². The Morgan fingerprint density at radius 1 is 1.43 bits per heavy atom. The predicted molar refractivity (Wildman–Crippen MR) is 116 cm³/mol. The van der Waals surface area contributed by atoms with E-state index in [1.165, 1.54) is 49.7 Å². The molecule has 154 valence electrons. The molecule has 1 saturated carbocycles. The van der Waals surface area contributed by atoms with Crippen LogP contribution in [0.5, 0.6) is 0 Å². The fourth-order valence-corrected chi connectivity index (χ4v) is 5.65. The van der Waals surface area contributed by atoms with E-state index in [-0.39, 0.29) is 17.5 Å². The number of carbonyl (C=O) groups is 1. The number of hydrogen-bond donors (Lipinski definition) is 1. The molecular formula is C24H34O3S. The second-order valence-electron chi connectivity index (χ2n) is 8.35. The van der Waals surface area contributed by atoms with Crippen molar-refractivity contribution < 1.29 is 14.6 Å². The van der Waals surface area contributed by atoms with Crippen LogP contribution in [0.15, 0.2) is 35.9 Å². The van der Waals surface area contributed by atoms with Crippen LogP contribution in [-0.4, -0.2) is 24.3 Å². The first-order valence-corrected chi connectivity index (χ1v) is 11.6. The lowest BCUT2D eigenvalue weighted by atomic mass is 9.63. The Morgan fingerprint density at radius 3 is 2.93 bits per heavy atom. The van der Waals surface area contributed by atoms with Crippen LogP contribution in [0.25, 0.3) is 0 Å². The molecule has 1 unspecified atom stereocenters. The van der Waals surface area contributed by atoms with E-state index < -0.39 is 0 Å². The lowest BCUT2D eigenvalue weighted by Gasteiger charge is -2.45. The Labute approximate surface area is 173 Å². The summed E-state index contributed by atoms with van der Waals surface area (Å²) in [5, 5.41) is 10.6. The SMILES string of the molecule is CCC1(C(O)CC=CC2=CCC[C@@H]2CCCc2ccc(C(=O)OC)s2)CCC1. The summed E-state index contributed by atoms with van der Waals surface area (Å²) in [5.74, 6) is 0.397. The number of rotatable bonds is 10. The van der Waals surface area contributed by atoms with Crippen molar-refractivity contribution >= 4 is 17.3 Å². The van der Waals surface area contributed by atoms with Gasteiger partial charge in [-0.2, -0.15) is 0 Å². The third-order valence-corrected chi connectivity index (χ3v) is 7.95. The standard InChI is InChI=1S/C24H34O3S/c1-3-24(16-7-17-24)22(25)13-6-11-19-9-4-8-18(19)10-5-12-20-14-15-21(28-20)23(26)27-2/h6,9,11,14-15,18,22,25H,3-5,7-8,10,12-13,16-17H2,1-2H3/t18-,22?/m1/s1. The third-order valence-electron chi connectivity index (χ3n) is 6.82. The highest BCUT2D eigenvalue weighted by molar-refractivity contribution is 7.13. The van der Waals surface area contributed by atoms with Crippen molar-refractivity contribution in [2.24, 2.45) is 11.3 Å². The van der Waals surface area contributed by atoms with Crippen molar-refractivity contribution in [2.45, 2.75) is 77.2 Å². The van der Waals surface area contributed by atoms with Gasteiger partial charge in [0.15, 0.2) is 0 Å². The Balaban J connectivity index is 1.43. The first-order chi connectivity index (χ1) is 13.6.